The minimum atomic E-state index is -0.0428. The number of thiophene rings is 1. The molecule has 0 spiro atoms. The molecule has 0 saturated heterocycles. The molecule has 1 nitrogen and oxygen atoms in total. The molecule has 39 heavy (non-hydrogen) atoms. The van der Waals surface area contributed by atoms with Crippen LogP contribution in [0.3, 0.4) is 0 Å². The van der Waals surface area contributed by atoms with Gasteiger partial charge in [0.2, 0.25) is 0 Å². The molecule has 0 N–H and O–H groups in total. The molecule has 0 amide bonds. The van der Waals surface area contributed by atoms with Gasteiger partial charge in [0.1, 0.15) is 0 Å². The van der Waals surface area contributed by atoms with Gasteiger partial charge >= 0.3 is 0 Å². The van der Waals surface area contributed by atoms with E-state index in [0.29, 0.717) is 0 Å². The average Bonchev–Trinajstić information content (AvgIpc) is 3.47. The van der Waals surface area contributed by atoms with Gasteiger partial charge in [-0.15, -0.1) is 11.3 Å². The summed E-state index contributed by atoms with van der Waals surface area (Å²) in [6.45, 7) is 4.70. The first-order valence-corrected chi connectivity index (χ1v) is 14.4. The van der Waals surface area contributed by atoms with Crippen LogP contribution in [-0.2, 0) is 5.41 Å². The normalized spacial score (nSPS) is 13.6. The first-order valence-electron chi connectivity index (χ1n) is 13.5. The largest absolute Gasteiger partial charge is 0.310 e. The fourth-order valence-corrected chi connectivity index (χ4v) is 7.78. The van der Waals surface area contributed by atoms with Crippen molar-refractivity contribution in [1.82, 2.24) is 0 Å². The van der Waals surface area contributed by atoms with E-state index in [1.54, 1.807) is 0 Å². The third kappa shape index (κ3) is 3.25. The summed E-state index contributed by atoms with van der Waals surface area (Å²) in [7, 11) is 0. The fourth-order valence-electron chi connectivity index (χ4n) is 6.56. The van der Waals surface area contributed by atoms with Crippen LogP contribution in [0.15, 0.2) is 127 Å². The smallest absolute Gasteiger partial charge is 0.0543 e. The number of rotatable bonds is 3. The summed E-state index contributed by atoms with van der Waals surface area (Å²) >= 11 is 1.90. The molecular weight excluding hydrogens is 490 g/mol. The molecular formula is C37H27NS. The zero-order valence-corrected chi connectivity index (χ0v) is 22.8. The molecule has 0 atom stereocenters. The van der Waals surface area contributed by atoms with Crippen molar-refractivity contribution in [3.8, 4) is 11.1 Å². The van der Waals surface area contributed by atoms with Crippen molar-refractivity contribution >= 4 is 59.3 Å². The predicted molar refractivity (Wildman–Crippen MR) is 169 cm³/mol. The maximum atomic E-state index is 2.45. The maximum absolute atomic E-state index is 2.45. The Morgan fingerprint density at radius 2 is 1.33 bits per heavy atom. The van der Waals surface area contributed by atoms with E-state index in [2.05, 4.69) is 146 Å². The van der Waals surface area contributed by atoms with Gasteiger partial charge in [-0.25, -0.2) is 0 Å². The Morgan fingerprint density at radius 1 is 0.564 bits per heavy atom. The number of benzene rings is 6. The predicted octanol–water partition coefficient (Wildman–Crippen LogP) is 11.0. The molecule has 0 aliphatic heterocycles. The van der Waals surface area contributed by atoms with Crippen LogP contribution >= 0.6 is 11.3 Å². The summed E-state index contributed by atoms with van der Waals surface area (Å²) in [4.78, 5) is 2.45. The van der Waals surface area contributed by atoms with Crippen LogP contribution in [0.2, 0.25) is 0 Å². The zero-order valence-electron chi connectivity index (χ0n) is 22.0. The van der Waals surface area contributed by atoms with Gasteiger partial charge in [-0.3, -0.25) is 0 Å². The molecule has 8 rings (SSSR count). The summed E-state index contributed by atoms with van der Waals surface area (Å²) in [5, 5.41) is 5.27. The number of para-hydroxylation sites is 1. The second kappa shape index (κ2) is 8.30. The van der Waals surface area contributed by atoms with Gasteiger partial charge in [0.05, 0.1) is 5.69 Å². The quantitative estimate of drug-likeness (QED) is 0.225. The van der Waals surface area contributed by atoms with Crippen LogP contribution in [0.4, 0.5) is 17.1 Å². The van der Waals surface area contributed by atoms with E-state index in [4.69, 9.17) is 0 Å². The van der Waals surface area contributed by atoms with Crippen LogP contribution in [-0.4, -0.2) is 0 Å². The zero-order chi connectivity index (χ0) is 26.1. The highest BCUT2D eigenvalue weighted by Gasteiger charge is 2.37. The summed E-state index contributed by atoms with van der Waals surface area (Å²) in [6.07, 6.45) is 0. The lowest BCUT2D eigenvalue weighted by Crippen LogP contribution is -2.16. The van der Waals surface area contributed by atoms with Gasteiger partial charge < -0.3 is 4.90 Å². The molecule has 0 radical (unpaired) electrons. The molecule has 0 fully saturated rings. The molecule has 1 aromatic heterocycles. The van der Waals surface area contributed by atoms with Crippen LogP contribution in [0.1, 0.15) is 25.0 Å². The Hall–Kier alpha value is -4.40. The molecule has 2 heteroatoms. The van der Waals surface area contributed by atoms with Crippen molar-refractivity contribution in [1.29, 1.82) is 0 Å². The molecule has 186 valence electrons. The minimum absolute atomic E-state index is 0.0428. The Balaban J connectivity index is 1.41. The summed E-state index contributed by atoms with van der Waals surface area (Å²) in [6, 6.07) is 46.8. The molecule has 1 aliphatic carbocycles. The average molecular weight is 518 g/mol. The van der Waals surface area contributed by atoms with E-state index in [-0.39, 0.29) is 5.41 Å². The first kappa shape index (κ1) is 22.6. The number of hydrogen-bond acceptors (Lipinski definition) is 2. The molecule has 0 unspecified atom stereocenters. The standard InChI is InChI=1S/C37H27NS/c1-37(2)31-16-9-8-15-29(31)35-32(37)17-10-18-33(35)38(25-12-4-3-5-13-25)26-20-22-34-30(23-26)28-21-19-24-11-6-7-14-27(24)36(28)39-34/h3-23H,1-2H3. The van der Waals surface area contributed by atoms with Crippen LogP contribution < -0.4 is 4.90 Å². The first-order chi connectivity index (χ1) is 19.1. The highest BCUT2D eigenvalue weighted by Crippen LogP contribution is 2.54. The molecule has 0 saturated carbocycles. The highest BCUT2D eigenvalue weighted by molar-refractivity contribution is 7.26. The lowest BCUT2D eigenvalue weighted by Gasteiger charge is -2.29. The highest BCUT2D eigenvalue weighted by atomic mass is 32.1. The minimum Gasteiger partial charge on any atom is -0.310 e. The van der Waals surface area contributed by atoms with Crippen molar-refractivity contribution < 1.29 is 0 Å². The van der Waals surface area contributed by atoms with E-state index in [1.807, 2.05) is 11.3 Å². The topological polar surface area (TPSA) is 3.24 Å². The molecule has 1 aliphatic rings. The summed E-state index contributed by atoms with van der Waals surface area (Å²) in [5.41, 5.74) is 8.97. The maximum Gasteiger partial charge on any atom is 0.0543 e. The van der Waals surface area contributed by atoms with Crippen molar-refractivity contribution in [3.05, 3.63) is 139 Å². The second-order valence-electron chi connectivity index (χ2n) is 11.0. The van der Waals surface area contributed by atoms with Crippen molar-refractivity contribution in [2.24, 2.45) is 0 Å². The number of anilines is 3. The van der Waals surface area contributed by atoms with Gasteiger partial charge in [0, 0.05) is 42.5 Å². The van der Waals surface area contributed by atoms with Gasteiger partial charge in [0.25, 0.3) is 0 Å². The van der Waals surface area contributed by atoms with Gasteiger partial charge in [-0.05, 0) is 63.9 Å². The van der Waals surface area contributed by atoms with Gasteiger partial charge in [0.15, 0.2) is 0 Å². The number of fused-ring (bicyclic) bond motifs is 8. The third-order valence-corrected chi connectivity index (χ3v) is 9.66. The van der Waals surface area contributed by atoms with E-state index in [9.17, 15) is 0 Å². The van der Waals surface area contributed by atoms with Crippen molar-refractivity contribution in [2.45, 2.75) is 19.3 Å². The van der Waals surface area contributed by atoms with Crippen LogP contribution in [0.5, 0.6) is 0 Å². The van der Waals surface area contributed by atoms with E-state index < -0.39 is 0 Å². The fraction of sp³-hybridized carbons (Fsp3) is 0.0811. The molecule has 7 aromatic rings. The van der Waals surface area contributed by atoms with Crippen LogP contribution in [0.25, 0.3) is 42.1 Å². The van der Waals surface area contributed by atoms with Crippen molar-refractivity contribution in [2.75, 3.05) is 4.90 Å². The number of nitrogens with zero attached hydrogens (tertiary/aromatic N) is 1. The molecule has 0 bridgehead atoms. The summed E-state index contributed by atoms with van der Waals surface area (Å²) < 4.78 is 2.69. The number of hydrogen-bond donors (Lipinski definition) is 0. The van der Waals surface area contributed by atoms with E-state index in [1.165, 1.54) is 64.6 Å². The second-order valence-corrected chi connectivity index (χ2v) is 12.0. The Kier molecular flexibility index (Phi) is 4.80. The molecule has 6 aromatic carbocycles. The Labute approximate surface area is 232 Å². The Bertz CT molecular complexity index is 2050. The van der Waals surface area contributed by atoms with E-state index in [0.717, 1.165) is 5.69 Å². The SMILES string of the molecule is CC1(C)c2ccccc2-c2c(N(c3ccccc3)c3ccc4sc5c6ccccc6ccc5c4c3)cccc21. The lowest BCUT2D eigenvalue weighted by atomic mass is 9.82. The van der Waals surface area contributed by atoms with Crippen molar-refractivity contribution in [3.63, 3.8) is 0 Å². The summed E-state index contributed by atoms with van der Waals surface area (Å²) in [5.74, 6) is 0. The van der Waals surface area contributed by atoms with Gasteiger partial charge in [-0.2, -0.15) is 0 Å². The third-order valence-electron chi connectivity index (χ3n) is 8.44. The van der Waals surface area contributed by atoms with Crippen LogP contribution in [0, 0.1) is 0 Å². The lowest BCUT2D eigenvalue weighted by molar-refractivity contribution is 0.660. The van der Waals surface area contributed by atoms with E-state index >= 15 is 0 Å². The van der Waals surface area contributed by atoms with Gasteiger partial charge in [-0.1, -0.05) is 105 Å². The molecule has 1 heterocycles. The monoisotopic (exact) mass is 517 g/mol. The Morgan fingerprint density at radius 3 is 2.23 bits per heavy atom.